The summed E-state index contributed by atoms with van der Waals surface area (Å²) in [5.41, 5.74) is 2.31. The fraction of sp³-hybridized carbons (Fsp3) is 0.375. The molecule has 20 heavy (non-hydrogen) atoms. The summed E-state index contributed by atoms with van der Waals surface area (Å²) in [6, 6.07) is 5.32. The Hall–Kier alpha value is -2.10. The summed E-state index contributed by atoms with van der Waals surface area (Å²) in [5, 5.41) is 15.5. The summed E-state index contributed by atoms with van der Waals surface area (Å²) in [4.78, 5) is 0. The molecular weight excluding hydrogens is 252 g/mol. The van der Waals surface area contributed by atoms with Crippen molar-refractivity contribution in [1.82, 2.24) is 0 Å². The maximum absolute atomic E-state index is 7.98. The Kier molecular flexibility index (Phi) is 7.97. The highest BCUT2D eigenvalue weighted by molar-refractivity contribution is 6.11. The summed E-state index contributed by atoms with van der Waals surface area (Å²) in [7, 11) is 3.14. The summed E-state index contributed by atoms with van der Waals surface area (Å²) in [6.45, 7) is 7.52. The van der Waals surface area contributed by atoms with Gasteiger partial charge in [-0.2, -0.15) is 0 Å². The number of benzene rings is 1. The van der Waals surface area contributed by atoms with Crippen molar-refractivity contribution >= 4 is 11.4 Å². The van der Waals surface area contributed by atoms with E-state index in [2.05, 4.69) is 0 Å². The number of hydrogen-bond donors (Lipinski definition) is 2. The molecule has 0 aliphatic heterocycles. The van der Waals surface area contributed by atoms with Gasteiger partial charge in [0.05, 0.1) is 19.9 Å². The second-order valence-corrected chi connectivity index (χ2v) is 3.94. The fourth-order valence-corrected chi connectivity index (χ4v) is 1.41. The lowest BCUT2D eigenvalue weighted by Crippen LogP contribution is -2.00. The van der Waals surface area contributed by atoms with Crippen LogP contribution < -0.4 is 9.47 Å². The molecule has 0 radical (unpaired) electrons. The molecule has 4 heteroatoms. The largest absolute Gasteiger partial charge is 0.493 e. The minimum absolute atomic E-state index is 0.347. The molecule has 0 heterocycles. The number of rotatable bonds is 5. The van der Waals surface area contributed by atoms with E-state index in [-0.39, 0.29) is 0 Å². The predicted octanol–water partition coefficient (Wildman–Crippen LogP) is 4.08. The van der Waals surface area contributed by atoms with Crippen molar-refractivity contribution < 1.29 is 9.47 Å². The molecule has 0 fully saturated rings. The van der Waals surface area contributed by atoms with E-state index in [1.54, 1.807) is 45.4 Å². The first kappa shape index (κ1) is 17.9. The molecule has 0 saturated heterocycles. The van der Waals surface area contributed by atoms with Gasteiger partial charge in [0.1, 0.15) is 0 Å². The Morgan fingerprint density at radius 1 is 1.00 bits per heavy atom. The van der Waals surface area contributed by atoms with Gasteiger partial charge in [-0.05, 0) is 43.7 Å². The van der Waals surface area contributed by atoms with E-state index in [0.29, 0.717) is 22.9 Å². The van der Waals surface area contributed by atoms with Crippen LogP contribution in [0.3, 0.4) is 0 Å². The molecule has 0 aromatic heterocycles. The Morgan fingerprint density at radius 2 is 1.55 bits per heavy atom. The lowest BCUT2D eigenvalue weighted by Gasteiger charge is -2.09. The fourth-order valence-electron chi connectivity index (χ4n) is 1.41. The van der Waals surface area contributed by atoms with Gasteiger partial charge < -0.3 is 20.3 Å². The van der Waals surface area contributed by atoms with Crippen LogP contribution in [0.2, 0.25) is 0 Å². The van der Waals surface area contributed by atoms with Crippen LogP contribution >= 0.6 is 0 Å². The van der Waals surface area contributed by atoms with Crippen LogP contribution in [0.5, 0.6) is 11.5 Å². The van der Waals surface area contributed by atoms with Crippen LogP contribution in [0.4, 0.5) is 0 Å². The topological polar surface area (TPSA) is 66.2 Å². The van der Waals surface area contributed by atoms with Gasteiger partial charge in [0.15, 0.2) is 11.5 Å². The second-order valence-electron chi connectivity index (χ2n) is 3.94. The van der Waals surface area contributed by atoms with Crippen LogP contribution in [-0.2, 0) is 0 Å². The van der Waals surface area contributed by atoms with Gasteiger partial charge in [0.25, 0.3) is 0 Å². The maximum atomic E-state index is 7.98. The van der Waals surface area contributed by atoms with Crippen molar-refractivity contribution in [2.24, 2.45) is 0 Å². The highest BCUT2D eigenvalue weighted by Gasteiger charge is 2.07. The van der Waals surface area contributed by atoms with Crippen molar-refractivity contribution in [3.63, 3.8) is 0 Å². The average Bonchev–Trinajstić information content (AvgIpc) is 2.48. The van der Waals surface area contributed by atoms with E-state index in [0.717, 1.165) is 11.1 Å². The third kappa shape index (κ3) is 4.88. The monoisotopic (exact) mass is 276 g/mol. The summed E-state index contributed by atoms with van der Waals surface area (Å²) in [6.07, 6.45) is 1.67. The molecule has 0 amide bonds. The minimum atomic E-state index is 0.347. The molecule has 110 valence electrons. The molecule has 0 unspecified atom stereocenters. The maximum Gasteiger partial charge on any atom is 0.161 e. The molecule has 1 rings (SSSR count). The van der Waals surface area contributed by atoms with Gasteiger partial charge in [-0.15, -0.1) is 0 Å². The number of methoxy groups -OCH3 is 2. The summed E-state index contributed by atoms with van der Waals surface area (Å²) < 4.78 is 10.3. The second kappa shape index (κ2) is 8.91. The van der Waals surface area contributed by atoms with Crippen molar-refractivity contribution in [3.8, 4) is 11.5 Å². The molecule has 0 aliphatic carbocycles. The quantitative estimate of drug-likeness (QED) is 0.796. The van der Waals surface area contributed by atoms with Gasteiger partial charge in [0.2, 0.25) is 0 Å². The highest BCUT2D eigenvalue weighted by Crippen LogP contribution is 2.27. The molecule has 0 aliphatic rings. The lowest BCUT2D eigenvalue weighted by molar-refractivity contribution is 0.355. The van der Waals surface area contributed by atoms with Gasteiger partial charge >= 0.3 is 0 Å². The zero-order valence-corrected chi connectivity index (χ0v) is 13.1. The van der Waals surface area contributed by atoms with Crippen LogP contribution in [-0.4, -0.2) is 25.6 Å². The third-order valence-electron chi connectivity index (χ3n) is 2.65. The molecule has 0 spiro atoms. The van der Waals surface area contributed by atoms with Gasteiger partial charge in [-0.3, -0.25) is 0 Å². The zero-order valence-electron chi connectivity index (χ0n) is 13.1. The zero-order chi connectivity index (χ0) is 15.7. The molecule has 0 atom stereocenters. The van der Waals surface area contributed by atoms with E-state index in [9.17, 15) is 0 Å². The molecule has 1 aromatic rings. The van der Waals surface area contributed by atoms with E-state index in [1.165, 1.54) is 0 Å². The first-order chi connectivity index (χ1) is 9.49. The average molecular weight is 276 g/mol. The van der Waals surface area contributed by atoms with Crippen LogP contribution in [0.15, 0.2) is 29.8 Å². The first-order valence-electron chi connectivity index (χ1n) is 6.54. The molecular formula is C16H24N2O2. The highest BCUT2D eigenvalue weighted by atomic mass is 16.5. The Labute approximate surface area is 121 Å². The number of hydrogen-bond acceptors (Lipinski definition) is 4. The van der Waals surface area contributed by atoms with E-state index in [1.807, 2.05) is 20.8 Å². The first-order valence-corrected chi connectivity index (χ1v) is 6.54. The smallest absolute Gasteiger partial charge is 0.161 e. The summed E-state index contributed by atoms with van der Waals surface area (Å²) >= 11 is 0. The Balaban J connectivity index is 0.00000172. The Bertz CT molecular complexity index is 505. The normalized spacial score (nSPS) is 10.2. The van der Waals surface area contributed by atoms with Crippen molar-refractivity contribution in [2.45, 2.75) is 27.7 Å². The van der Waals surface area contributed by atoms with E-state index < -0.39 is 0 Å². The van der Waals surface area contributed by atoms with E-state index in [4.69, 9.17) is 20.3 Å². The Morgan fingerprint density at radius 3 is 2.00 bits per heavy atom. The summed E-state index contributed by atoms with van der Waals surface area (Å²) in [5.74, 6) is 1.23. The number of ether oxygens (including phenoxy) is 2. The van der Waals surface area contributed by atoms with Crippen LogP contribution in [0.1, 0.15) is 33.3 Å². The van der Waals surface area contributed by atoms with Gasteiger partial charge in [0, 0.05) is 11.3 Å². The molecule has 0 bridgehead atoms. The molecule has 0 saturated carbocycles. The third-order valence-corrected chi connectivity index (χ3v) is 2.65. The molecule has 4 nitrogen and oxygen atoms in total. The lowest BCUT2D eigenvalue weighted by atomic mass is 10.1. The van der Waals surface area contributed by atoms with Crippen molar-refractivity contribution in [1.29, 1.82) is 10.8 Å². The molecule has 2 N–H and O–H groups in total. The molecule has 1 aromatic carbocycles. The van der Waals surface area contributed by atoms with Gasteiger partial charge in [-0.25, -0.2) is 0 Å². The van der Waals surface area contributed by atoms with Gasteiger partial charge in [-0.1, -0.05) is 13.8 Å². The number of nitrogens with one attached hydrogen (secondary N) is 2. The standard InChI is InChI=1S/C14H18N2O2.C2H6/c1-9(10(2)15)7-12(16)11-5-6-13(17-3)14(8-11)18-4;1-2/h5-8,15-16H,1-4H3;1-2H3/b9-7-,15-10?,16-12?;. The van der Waals surface area contributed by atoms with Crippen LogP contribution in [0, 0.1) is 10.8 Å². The van der Waals surface area contributed by atoms with Crippen molar-refractivity contribution in [3.05, 3.63) is 35.4 Å². The van der Waals surface area contributed by atoms with Crippen LogP contribution in [0.25, 0.3) is 0 Å². The minimum Gasteiger partial charge on any atom is -0.493 e. The predicted molar refractivity (Wildman–Crippen MR) is 84.9 cm³/mol. The van der Waals surface area contributed by atoms with E-state index >= 15 is 0 Å². The van der Waals surface area contributed by atoms with Crippen molar-refractivity contribution in [2.75, 3.05) is 14.2 Å². The SMILES string of the molecule is CC.COc1ccc(C(=N)/C=C(/C)C(C)=N)cc1OC. The number of allylic oxidation sites excluding steroid dienone is 2.